The SMILES string of the molecule is Cc1nnnn1-c1ccc(CC(=O)N(C)Cc2nnc(-c3ccccc3)o2)cc1. The largest absolute Gasteiger partial charge is 0.419 e. The molecule has 0 aliphatic rings. The molecular formula is C20H19N7O2. The van der Waals surface area contributed by atoms with E-state index in [-0.39, 0.29) is 18.9 Å². The van der Waals surface area contributed by atoms with Gasteiger partial charge in [0, 0.05) is 12.6 Å². The minimum absolute atomic E-state index is 0.0455. The van der Waals surface area contributed by atoms with Crippen LogP contribution in [0.1, 0.15) is 17.3 Å². The van der Waals surface area contributed by atoms with Crippen LogP contribution in [0.3, 0.4) is 0 Å². The summed E-state index contributed by atoms with van der Waals surface area (Å²) in [5.41, 5.74) is 2.58. The molecule has 4 aromatic rings. The topological polar surface area (TPSA) is 103 Å². The maximum Gasteiger partial charge on any atom is 0.247 e. The molecule has 146 valence electrons. The highest BCUT2D eigenvalue weighted by Gasteiger charge is 2.15. The number of hydrogen-bond acceptors (Lipinski definition) is 7. The van der Waals surface area contributed by atoms with Crippen LogP contribution in [0.2, 0.25) is 0 Å². The van der Waals surface area contributed by atoms with Crippen LogP contribution in [-0.4, -0.2) is 48.3 Å². The Morgan fingerprint density at radius 1 is 1.03 bits per heavy atom. The van der Waals surface area contributed by atoms with Crippen LogP contribution in [0.15, 0.2) is 59.0 Å². The summed E-state index contributed by atoms with van der Waals surface area (Å²) in [6.07, 6.45) is 0.269. The molecule has 29 heavy (non-hydrogen) atoms. The first-order chi connectivity index (χ1) is 14.1. The summed E-state index contributed by atoms with van der Waals surface area (Å²) in [4.78, 5) is 14.1. The van der Waals surface area contributed by atoms with E-state index in [1.54, 1.807) is 16.6 Å². The molecule has 0 fully saturated rings. The number of hydrogen-bond donors (Lipinski definition) is 0. The van der Waals surface area contributed by atoms with Crippen molar-refractivity contribution in [3.63, 3.8) is 0 Å². The molecule has 0 radical (unpaired) electrons. The van der Waals surface area contributed by atoms with Gasteiger partial charge in [-0.15, -0.1) is 15.3 Å². The summed E-state index contributed by atoms with van der Waals surface area (Å²) >= 11 is 0. The molecule has 0 bridgehead atoms. The molecule has 0 aliphatic carbocycles. The Morgan fingerprint density at radius 2 is 1.79 bits per heavy atom. The summed E-state index contributed by atoms with van der Waals surface area (Å²) in [7, 11) is 1.72. The molecular weight excluding hydrogens is 370 g/mol. The first-order valence-electron chi connectivity index (χ1n) is 9.06. The van der Waals surface area contributed by atoms with Crippen molar-refractivity contribution in [2.24, 2.45) is 0 Å². The average molecular weight is 389 g/mol. The second kappa shape index (κ2) is 8.01. The normalized spacial score (nSPS) is 10.8. The van der Waals surface area contributed by atoms with E-state index in [2.05, 4.69) is 25.7 Å². The standard InChI is InChI=1S/C20H19N7O2/c1-14-21-24-25-27(14)17-10-8-15(9-11-17)12-19(28)26(2)13-18-22-23-20(29-18)16-6-4-3-5-7-16/h3-11H,12-13H2,1-2H3. The molecule has 2 aromatic heterocycles. The van der Waals surface area contributed by atoms with Crippen molar-refractivity contribution in [2.45, 2.75) is 19.9 Å². The van der Waals surface area contributed by atoms with Gasteiger partial charge in [0.25, 0.3) is 0 Å². The van der Waals surface area contributed by atoms with Crippen molar-refractivity contribution < 1.29 is 9.21 Å². The molecule has 1 amide bonds. The lowest BCUT2D eigenvalue weighted by Gasteiger charge is -2.15. The zero-order valence-electron chi connectivity index (χ0n) is 16.1. The van der Waals surface area contributed by atoms with E-state index in [1.807, 2.05) is 61.5 Å². The van der Waals surface area contributed by atoms with E-state index in [9.17, 15) is 4.79 Å². The van der Waals surface area contributed by atoms with Crippen molar-refractivity contribution in [3.05, 3.63) is 71.9 Å². The predicted molar refractivity (Wildman–Crippen MR) is 104 cm³/mol. The van der Waals surface area contributed by atoms with Gasteiger partial charge in [-0.1, -0.05) is 30.3 Å². The average Bonchev–Trinajstić information content (AvgIpc) is 3.38. The van der Waals surface area contributed by atoms with Crippen LogP contribution >= 0.6 is 0 Å². The van der Waals surface area contributed by atoms with Crippen molar-refractivity contribution in [1.82, 2.24) is 35.3 Å². The zero-order valence-corrected chi connectivity index (χ0v) is 16.1. The van der Waals surface area contributed by atoms with Gasteiger partial charge < -0.3 is 9.32 Å². The number of benzene rings is 2. The molecule has 0 unspecified atom stereocenters. The lowest BCUT2D eigenvalue weighted by Crippen LogP contribution is -2.27. The van der Waals surface area contributed by atoms with Crippen molar-refractivity contribution >= 4 is 5.91 Å². The molecule has 0 aliphatic heterocycles. The van der Waals surface area contributed by atoms with E-state index < -0.39 is 0 Å². The quantitative estimate of drug-likeness (QED) is 0.498. The Bertz CT molecular complexity index is 1100. The molecule has 9 nitrogen and oxygen atoms in total. The Hall–Kier alpha value is -3.88. The summed E-state index contributed by atoms with van der Waals surface area (Å²) < 4.78 is 7.31. The van der Waals surface area contributed by atoms with Gasteiger partial charge in [-0.2, -0.15) is 4.68 Å². The number of carbonyl (C=O) groups is 1. The van der Waals surface area contributed by atoms with Gasteiger partial charge in [-0.25, -0.2) is 0 Å². The van der Waals surface area contributed by atoms with E-state index in [1.165, 1.54) is 0 Å². The maximum absolute atomic E-state index is 12.6. The fourth-order valence-electron chi connectivity index (χ4n) is 2.84. The van der Waals surface area contributed by atoms with Gasteiger partial charge in [0.2, 0.25) is 17.7 Å². The monoisotopic (exact) mass is 389 g/mol. The molecule has 2 heterocycles. The number of aryl methyl sites for hydroxylation is 1. The Labute approximate surface area is 167 Å². The van der Waals surface area contributed by atoms with Crippen LogP contribution in [0.25, 0.3) is 17.1 Å². The summed E-state index contributed by atoms with van der Waals surface area (Å²) in [5.74, 6) is 1.48. The Balaban J connectivity index is 1.37. The molecule has 4 rings (SSSR count). The van der Waals surface area contributed by atoms with Crippen LogP contribution in [0.5, 0.6) is 0 Å². The number of likely N-dealkylation sites (N-methyl/N-ethyl adjacent to an activating group) is 1. The van der Waals surface area contributed by atoms with Crippen molar-refractivity contribution in [1.29, 1.82) is 0 Å². The third kappa shape index (κ3) is 4.18. The maximum atomic E-state index is 12.6. The Morgan fingerprint density at radius 3 is 2.48 bits per heavy atom. The number of aromatic nitrogens is 6. The predicted octanol–water partition coefficient (Wildman–Crippen LogP) is 2.22. The van der Waals surface area contributed by atoms with Crippen LogP contribution in [-0.2, 0) is 17.8 Å². The van der Waals surface area contributed by atoms with Gasteiger partial charge in [0.1, 0.15) is 0 Å². The van der Waals surface area contributed by atoms with Gasteiger partial charge in [0.15, 0.2) is 5.82 Å². The van der Waals surface area contributed by atoms with E-state index in [4.69, 9.17) is 4.42 Å². The highest BCUT2D eigenvalue weighted by Crippen LogP contribution is 2.18. The molecule has 9 heteroatoms. The van der Waals surface area contributed by atoms with Crippen molar-refractivity contribution in [3.8, 4) is 17.1 Å². The second-order valence-corrected chi connectivity index (χ2v) is 6.60. The first-order valence-corrected chi connectivity index (χ1v) is 9.06. The smallest absolute Gasteiger partial charge is 0.247 e. The highest BCUT2D eigenvalue weighted by molar-refractivity contribution is 5.78. The molecule has 2 aromatic carbocycles. The zero-order chi connectivity index (χ0) is 20.2. The molecule has 0 atom stereocenters. The van der Waals surface area contributed by atoms with Crippen molar-refractivity contribution in [2.75, 3.05) is 7.05 Å². The van der Waals surface area contributed by atoms with Crippen LogP contribution in [0, 0.1) is 6.92 Å². The number of tetrazole rings is 1. The van der Waals surface area contributed by atoms with Crippen LogP contribution < -0.4 is 0 Å². The van der Waals surface area contributed by atoms with Gasteiger partial charge in [-0.3, -0.25) is 4.79 Å². The summed E-state index contributed by atoms with van der Waals surface area (Å²) in [6.45, 7) is 2.08. The number of nitrogens with zero attached hydrogens (tertiary/aromatic N) is 7. The lowest BCUT2D eigenvalue weighted by atomic mass is 10.1. The van der Waals surface area contributed by atoms with E-state index in [0.29, 0.717) is 17.6 Å². The minimum Gasteiger partial charge on any atom is -0.419 e. The molecule has 0 saturated carbocycles. The molecule has 0 N–H and O–H groups in total. The fourth-order valence-corrected chi connectivity index (χ4v) is 2.84. The molecule has 0 saturated heterocycles. The first kappa shape index (κ1) is 18.5. The van der Waals surface area contributed by atoms with E-state index in [0.717, 1.165) is 16.8 Å². The van der Waals surface area contributed by atoms with E-state index >= 15 is 0 Å². The fraction of sp³-hybridized carbons (Fsp3) is 0.200. The van der Waals surface area contributed by atoms with Gasteiger partial charge in [0.05, 0.1) is 18.7 Å². The highest BCUT2D eigenvalue weighted by atomic mass is 16.4. The molecule has 0 spiro atoms. The lowest BCUT2D eigenvalue weighted by molar-refractivity contribution is -0.130. The van der Waals surface area contributed by atoms with Gasteiger partial charge >= 0.3 is 0 Å². The third-order valence-corrected chi connectivity index (χ3v) is 4.45. The van der Waals surface area contributed by atoms with Crippen LogP contribution in [0.4, 0.5) is 0 Å². The minimum atomic E-state index is -0.0455. The van der Waals surface area contributed by atoms with Gasteiger partial charge in [-0.05, 0) is 47.2 Å². The Kier molecular flexibility index (Phi) is 5.10. The number of carbonyl (C=O) groups excluding carboxylic acids is 1. The summed E-state index contributed by atoms with van der Waals surface area (Å²) in [6, 6.07) is 17.1. The number of rotatable bonds is 6. The summed E-state index contributed by atoms with van der Waals surface area (Å²) in [5, 5.41) is 19.5. The third-order valence-electron chi connectivity index (χ3n) is 4.45. The second-order valence-electron chi connectivity index (χ2n) is 6.60. The number of amides is 1.